The summed E-state index contributed by atoms with van der Waals surface area (Å²) in [5.74, 6) is 0. The van der Waals surface area contributed by atoms with Gasteiger partial charge in [0.2, 0.25) is 0 Å². The van der Waals surface area contributed by atoms with Crippen molar-refractivity contribution in [3.05, 3.63) is 46.2 Å². The van der Waals surface area contributed by atoms with Crippen LogP contribution in [0.25, 0.3) is 12.2 Å². The standard InChI is InChI=1S/C16H22Si/c1-5-13-11-15-8-6-7-14(16(15)12-13)9-10-17(2,3)4/h6-10,12H,5,11H2,1-4H3. The van der Waals surface area contributed by atoms with Gasteiger partial charge in [-0.25, -0.2) is 0 Å². The lowest BCUT2D eigenvalue weighted by atomic mass is 10.0. The topological polar surface area (TPSA) is 0 Å². The maximum absolute atomic E-state index is 2.43. The van der Waals surface area contributed by atoms with E-state index in [9.17, 15) is 0 Å². The Hall–Kier alpha value is -1.08. The molecule has 0 fully saturated rings. The Morgan fingerprint density at radius 2 is 2.00 bits per heavy atom. The van der Waals surface area contributed by atoms with Gasteiger partial charge in [0.1, 0.15) is 0 Å². The van der Waals surface area contributed by atoms with Crippen LogP contribution in [0.15, 0.2) is 29.5 Å². The second-order valence-electron chi connectivity index (χ2n) is 5.95. The molecule has 0 aliphatic heterocycles. The van der Waals surface area contributed by atoms with Crippen LogP contribution in [0.4, 0.5) is 0 Å². The molecule has 0 N–H and O–H groups in total. The molecule has 0 aromatic heterocycles. The molecule has 0 amide bonds. The molecule has 0 heterocycles. The van der Waals surface area contributed by atoms with Crippen LogP contribution in [-0.2, 0) is 6.42 Å². The third-order valence-electron chi connectivity index (χ3n) is 3.21. The van der Waals surface area contributed by atoms with Crippen LogP contribution in [-0.4, -0.2) is 8.07 Å². The summed E-state index contributed by atoms with van der Waals surface area (Å²) in [5.41, 5.74) is 8.35. The average Bonchev–Trinajstić information content (AvgIpc) is 2.68. The minimum Gasteiger partial charge on any atom is -0.0944 e. The first kappa shape index (κ1) is 12.4. The molecule has 1 heteroatoms. The van der Waals surface area contributed by atoms with Crippen LogP contribution in [0.2, 0.25) is 19.6 Å². The summed E-state index contributed by atoms with van der Waals surface area (Å²) in [5, 5.41) is 0. The third-order valence-corrected chi connectivity index (χ3v) is 4.38. The maximum atomic E-state index is 2.43. The Morgan fingerprint density at radius 3 is 2.65 bits per heavy atom. The van der Waals surface area contributed by atoms with Crippen molar-refractivity contribution in [3.8, 4) is 0 Å². The number of rotatable bonds is 3. The largest absolute Gasteiger partial charge is 0.0944 e. The second-order valence-corrected chi connectivity index (χ2v) is 11.0. The van der Waals surface area contributed by atoms with E-state index in [2.05, 4.69) is 62.6 Å². The molecule has 0 unspecified atom stereocenters. The normalized spacial score (nSPS) is 15.2. The molecule has 0 bridgehead atoms. The Kier molecular flexibility index (Phi) is 3.39. The Balaban J connectivity index is 2.35. The molecule has 0 radical (unpaired) electrons. The van der Waals surface area contributed by atoms with E-state index in [-0.39, 0.29) is 0 Å². The fourth-order valence-electron chi connectivity index (χ4n) is 2.18. The molecule has 1 aliphatic carbocycles. The highest BCUT2D eigenvalue weighted by Crippen LogP contribution is 2.30. The van der Waals surface area contributed by atoms with Gasteiger partial charge in [0, 0.05) is 0 Å². The fraction of sp³-hybridized carbons (Fsp3) is 0.375. The van der Waals surface area contributed by atoms with Gasteiger partial charge in [0.15, 0.2) is 0 Å². The van der Waals surface area contributed by atoms with Gasteiger partial charge in [-0.2, -0.15) is 0 Å². The molecule has 0 spiro atoms. The zero-order valence-electron chi connectivity index (χ0n) is 11.4. The number of allylic oxidation sites excluding steroid dienone is 1. The first-order chi connectivity index (χ1) is 7.99. The average molecular weight is 242 g/mol. The van der Waals surface area contributed by atoms with Crippen LogP contribution in [0.5, 0.6) is 0 Å². The second kappa shape index (κ2) is 4.65. The zero-order chi connectivity index (χ0) is 12.5. The molecule has 0 atom stereocenters. The van der Waals surface area contributed by atoms with Gasteiger partial charge in [-0.05, 0) is 29.5 Å². The van der Waals surface area contributed by atoms with E-state index in [1.165, 1.54) is 23.1 Å². The molecule has 0 nitrogen and oxygen atoms in total. The van der Waals surface area contributed by atoms with Crippen LogP contribution in [0.3, 0.4) is 0 Å². The van der Waals surface area contributed by atoms with Gasteiger partial charge < -0.3 is 0 Å². The summed E-state index contributed by atoms with van der Waals surface area (Å²) < 4.78 is 0. The van der Waals surface area contributed by atoms with Crippen molar-refractivity contribution < 1.29 is 0 Å². The van der Waals surface area contributed by atoms with E-state index in [4.69, 9.17) is 0 Å². The number of hydrogen-bond donors (Lipinski definition) is 0. The predicted molar refractivity (Wildman–Crippen MR) is 80.8 cm³/mol. The first-order valence-electron chi connectivity index (χ1n) is 6.50. The predicted octanol–water partition coefficient (Wildman–Crippen LogP) is 4.93. The smallest absolute Gasteiger partial charge is 0.0687 e. The number of benzene rings is 1. The lowest BCUT2D eigenvalue weighted by Crippen LogP contribution is -2.15. The Bertz CT molecular complexity index is 473. The highest BCUT2D eigenvalue weighted by atomic mass is 28.3. The van der Waals surface area contributed by atoms with Gasteiger partial charge in [-0.1, -0.05) is 68.2 Å². The van der Waals surface area contributed by atoms with Crippen molar-refractivity contribution in [2.75, 3.05) is 0 Å². The van der Waals surface area contributed by atoms with Crippen molar-refractivity contribution in [2.24, 2.45) is 0 Å². The van der Waals surface area contributed by atoms with E-state index in [1.54, 1.807) is 5.57 Å². The van der Waals surface area contributed by atoms with Crippen LogP contribution in [0, 0.1) is 0 Å². The summed E-state index contributed by atoms with van der Waals surface area (Å²) in [4.78, 5) is 0. The molecule has 90 valence electrons. The van der Waals surface area contributed by atoms with E-state index in [0.717, 1.165) is 6.42 Å². The minimum absolute atomic E-state index is 1.10. The van der Waals surface area contributed by atoms with Gasteiger partial charge >= 0.3 is 0 Å². The van der Waals surface area contributed by atoms with E-state index in [0.29, 0.717) is 0 Å². The quantitative estimate of drug-likeness (QED) is 0.660. The van der Waals surface area contributed by atoms with Crippen molar-refractivity contribution in [3.63, 3.8) is 0 Å². The molecular weight excluding hydrogens is 220 g/mol. The van der Waals surface area contributed by atoms with Crippen molar-refractivity contribution in [2.45, 2.75) is 39.4 Å². The van der Waals surface area contributed by atoms with Crippen LogP contribution < -0.4 is 0 Å². The van der Waals surface area contributed by atoms with E-state index < -0.39 is 8.07 Å². The van der Waals surface area contributed by atoms with Gasteiger partial charge in [-0.3, -0.25) is 0 Å². The maximum Gasteiger partial charge on any atom is 0.0687 e. The van der Waals surface area contributed by atoms with Crippen LogP contribution >= 0.6 is 0 Å². The lowest BCUT2D eigenvalue weighted by Gasteiger charge is -2.09. The molecular formula is C16H22Si. The zero-order valence-corrected chi connectivity index (χ0v) is 12.4. The fourth-order valence-corrected chi connectivity index (χ4v) is 2.85. The summed E-state index contributed by atoms with van der Waals surface area (Å²) in [6.45, 7) is 9.37. The Labute approximate surface area is 106 Å². The summed E-state index contributed by atoms with van der Waals surface area (Å²) in [7, 11) is -1.10. The van der Waals surface area contributed by atoms with Gasteiger partial charge in [0.05, 0.1) is 8.07 Å². The first-order valence-corrected chi connectivity index (χ1v) is 10.1. The SMILES string of the molecule is CCC1=Cc2c(C=C[Si](C)(C)C)cccc2C1. The monoisotopic (exact) mass is 242 g/mol. The lowest BCUT2D eigenvalue weighted by molar-refractivity contribution is 1.04. The van der Waals surface area contributed by atoms with Crippen molar-refractivity contribution in [1.29, 1.82) is 0 Å². The molecule has 0 saturated carbocycles. The summed E-state index contributed by atoms with van der Waals surface area (Å²) >= 11 is 0. The molecule has 1 aliphatic rings. The third kappa shape index (κ3) is 2.98. The van der Waals surface area contributed by atoms with Gasteiger partial charge in [-0.15, -0.1) is 0 Å². The highest BCUT2D eigenvalue weighted by molar-refractivity contribution is 6.81. The number of hydrogen-bond acceptors (Lipinski definition) is 0. The highest BCUT2D eigenvalue weighted by Gasteiger charge is 2.14. The summed E-state index contributed by atoms with van der Waals surface area (Å²) in [6.07, 6.45) is 7.05. The van der Waals surface area contributed by atoms with Crippen molar-refractivity contribution in [1.82, 2.24) is 0 Å². The molecule has 1 aromatic carbocycles. The minimum atomic E-state index is -1.10. The van der Waals surface area contributed by atoms with E-state index in [1.807, 2.05) is 0 Å². The molecule has 2 rings (SSSR count). The van der Waals surface area contributed by atoms with E-state index >= 15 is 0 Å². The van der Waals surface area contributed by atoms with Gasteiger partial charge in [0.25, 0.3) is 0 Å². The molecule has 17 heavy (non-hydrogen) atoms. The molecule has 0 saturated heterocycles. The summed E-state index contributed by atoms with van der Waals surface area (Å²) in [6, 6.07) is 6.69. The number of fused-ring (bicyclic) bond motifs is 1. The van der Waals surface area contributed by atoms with Crippen molar-refractivity contribution >= 4 is 20.2 Å². The van der Waals surface area contributed by atoms with Crippen LogP contribution in [0.1, 0.15) is 30.0 Å². The Morgan fingerprint density at radius 1 is 1.24 bits per heavy atom. The molecule has 1 aromatic rings.